The van der Waals surface area contributed by atoms with Crippen LogP contribution < -0.4 is 9.80 Å². The van der Waals surface area contributed by atoms with E-state index in [9.17, 15) is 4.79 Å². The van der Waals surface area contributed by atoms with E-state index >= 15 is 0 Å². The van der Waals surface area contributed by atoms with Crippen LogP contribution in [-0.2, 0) is 4.79 Å². The predicted octanol–water partition coefficient (Wildman–Crippen LogP) is 7.48. The highest BCUT2D eigenvalue weighted by Crippen LogP contribution is 2.51. The number of fused-ring (bicyclic) bond motifs is 1. The molecule has 3 aromatic carbocycles. The number of rotatable bonds is 2. The SMILES string of the molecule is Cc1cccc(N2C(=O)/C(=C3/Sc4ccc(Cl)cc4N3C)SC2=Nc2cccc(Cl)c2)c1. The van der Waals surface area contributed by atoms with Gasteiger partial charge >= 0.3 is 0 Å². The van der Waals surface area contributed by atoms with Crippen LogP contribution in [0.25, 0.3) is 0 Å². The fraction of sp³-hybridized carbons (Fsp3) is 0.0833. The molecule has 1 saturated heterocycles. The van der Waals surface area contributed by atoms with E-state index in [0.29, 0.717) is 25.8 Å². The summed E-state index contributed by atoms with van der Waals surface area (Å²) in [5, 5.41) is 2.72. The van der Waals surface area contributed by atoms with E-state index in [0.717, 1.165) is 26.9 Å². The maximum atomic E-state index is 13.7. The summed E-state index contributed by atoms with van der Waals surface area (Å²) in [5.41, 5.74) is 3.53. The molecule has 2 heterocycles. The van der Waals surface area contributed by atoms with Gasteiger partial charge in [-0.05, 0) is 72.8 Å². The summed E-state index contributed by atoms with van der Waals surface area (Å²) in [7, 11) is 1.95. The Labute approximate surface area is 204 Å². The van der Waals surface area contributed by atoms with Crippen LogP contribution >= 0.6 is 46.7 Å². The summed E-state index contributed by atoms with van der Waals surface area (Å²) in [6.45, 7) is 2.01. The molecule has 4 nitrogen and oxygen atoms in total. The fourth-order valence-corrected chi connectivity index (χ4v) is 6.22. The average Bonchev–Trinajstić information content (AvgIpc) is 3.24. The third-order valence-corrected chi connectivity index (χ3v) is 7.93. The molecular weight excluding hydrogens is 481 g/mol. The minimum absolute atomic E-state index is 0.102. The molecule has 0 unspecified atom stereocenters. The maximum Gasteiger partial charge on any atom is 0.274 e. The van der Waals surface area contributed by atoms with Gasteiger partial charge in [0.25, 0.3) is 5.91 Å². The number of halogens is 2. The number of hydrogen-bond donors (Lipinski definition) is 0. The van der Waals surface area contributed by atoms with E-state index in [2.05, 4.69) is 0 Å². The lowest BCUT2D eigenvalue weighted by atomic mass is 10.2. The zero-order chi connectivity index (χ0) is 22.4. The lowest BCUT2D eigenvalue weighted by molar-refractivity contribution is -0.113. The van der Waals surface area contributed by atoms with Crippen LogP contribution in [-0.4, -0.2) is 18.1 Å². The van der Waals surface area contributed by atoms with Gasteiger partial charge in [-0.25, -0.2) is 4.99 Å². The number of thioether (sulfide) groups is 2. The molecule has 0 saturated carbocycles. The van der Waals surface area contributed by atoms with Gasteiger partial charge in [-0.1, -0.05) is 53.2 Å². The number of anilines is 2. The van der Waals surface area contributed by atoms with Gasteiger partial charge in [0.05, 0.1) is 22.1 Å². The van der Waals surface area contributed by atoms with E-state index in [1.54, 1.807) is 28.8 Å². The van der Waals surface area contributed by atoms with Gasteiger partial charge in [0.1, 0.15) is 4.91 Å². The van der Waals surface area contributed by atoms with Crippen LogP contribution in [0.5, 0.6) is 0 Å². The first-order chi connectivity index (χ1) is 15.4. The summed E-state index contributed by atoms with van der Waals surface area (Å²) < 4.78 is 0. The third-order valence-electron chi connectivity index (χ3n) is 5.06. The second kappa shape index (κ2) is 8.52. The van der Waals surface area contributed by atoms with Crippen molar-refractivity contribution in [3.8, 4) is 0 Å². The third kappa shape index (κ3) is 3.92. The Kier molecular flexibility index (Phi) is 5.72. The van der Waals surface area contributed by atoms with Crippen LogP contribution in [0.15, 0.2) is 86.6 Å². The molecule has 0 radical (unpaired) electrons. The summed E-state index contributed by atoms with van der Waals surface area (Å²) in [4.78, 5) is 23.9. The Hall–Kier alpha value is -2.38. The van der Waals surface area contributed by atoms with Gasteiger partial charge in [0, 0.05) is 22.0 Å². The van der Waals surface area contributed by atoms with Crippen LogP contribution in [0.2, 0.25) is 10.0 Å². The van der Waals surface area contributed by atoms with Crippen molar-refractivity contribution in [1.29, 1.82) is 0 Å². The highest BCUT2D eigenvalue weighted by molar-refractivity contribution is 8.20. The number of amides is 1. The number of carbonyl (C=O) groups excluding carboxylic acids is 1. The molecular formula is C24H17Cl2N3OS2. The zero-order valence-corrected chi connectivity index (χ0v) is 20.3. The van der Waals surface area contributed by atoms with Crippen LogP contribution in [0.1, 0.15) is 5.56 Å². The Balaban J connectivity index is 1.62. The van der Waals surface area contributed by atoms with Crippen LogP contribution in [0.3, 0.4) is 0 Å². The smallest absolute Gasteiger partial charge is 0.274 e. The number of nitrogens with zero attached hydrogens (tertiary/aromatic N) is 3. The molecule has 2 aliphatic heterocycles. The second-order valence-corrected chi connectivity index (χ2v) is 10.2. The molecule has 0 spiro atoms. The summed E-state index contributed by atoms with van der Waals surface area (Å²) in [6.07, 6.45) is 0. The van der Waals surface area contributed by atoms with Crippen LogP contribution in [0, 0.1) is 6.92 Å². The number of hydrogen-bond acceptors (Lipinski definition) is 5. The van der Waals surface area contributed by atoms with Crippen molar-refractivity contribution >= 4 is 74.9 Å². The van der Waals surface area contributed by atoms with Crippen molar-refractivity contribution in [2.45, 2.75) is 11.8 Å². The summed E-state index contributed by atoms with van der Waals surface area (Å²) in [6, 6.07) is 20.9. The topological polar surface area (TPSA) is 35.9 Å². The van der Waals surface area contributed by atoms with E-state index in [-0.39, 0.29) is 5.91 Å². The second-order valence-electron chi connectivity index (χ2n) is 7.36. The molecule has 3 aromatic rings. The van der Waals surface area contributed by atoms with E-state index in [4.69, 9.17) is 28.2 Å². The molecule has 160 valence electrons. The Morgan fingerprint density at radius 2 is 1.69 bits per heavy atom. The molecule has 1 fully saturated rings. The highest BCUT2D eigenvalue weighted by Gasteiger charge is 2.40. The van der Waals surface area contributed by atoms with Gasteiger partial charge in [-0.15, -0.1) is 0 Å². The van der Waals surface area contributed by atoms with Gasteiger partial charge in [0.15, 0.2) is 5.17 Å². The normalized spacial score (nSPS) is 19.2. The summed E-state index contributed by atoms with van der Waals surface area (Å²) >= 11 is 15.3. The number of carbonyl (C=O) groups is 1. The lowest BCUT2D eigenvalue weighted by Crippen LogP contribution is -2.29. The van der Waals surface area contributed by atoms with Crippen molar-refractivity contribution in [2.24, 2.45) is 4.99 Å². The minimum Gasteiger partial charge on any atom is -0.337 e. The predicted molar refractivity (Wildman–Crippen MR) is 138 cm³/mol. The van der Waals surface area contributed by atoms with Gasteiger partial charge in [0.2, 0.25) is 0 Å². The van der Waals surface area contributed by atoms with Gasteiger partial charge in [-0.3, -0.25) is 9.69 Å². The number of aliphatic imine (C=N–C) groups is 1. The van der Waals surface area contributed by atoms with E-state index < -0.39 is 0 Å². The monoisotopic (exact) mass is 497 g/mol. The van der Waals surface area contributed by atoms with Gasteiger partial charge < -0.3 is 4.90 Å². The van der Waals surface area contributed by atoms with Crippen LogP contribution in [0.4, 0.5) is 17.1 Å². The van der Waals surface area contributed by atoms with Crippen molar-refractivity contribution in [3.05, 3.63) is 92.3 Å². The first-order valence-corrected chi connectivity index (χ1v) is 12.2. The Morgan fingerprint density at radius 3 is 2.47 bits per heavy atom. The van der Waals surface area contributed by atoms with E-state index in [1.807, 2.05) is 73.5 Å². The van der Waals surface area contributed by atoms with Crippen molar-refractivity contribution in [2.75, 3.05) is 16.8 Å². The molecule has 0 atom stereocenters. The lowest BCUT2D eigenvalue weighted by Gasteiger charge is -2.17. The zero-order valence-electron chi connectivity index (χ0n) is 17.2. The molecule has 8 heteroatoms. The largest absolute Gasteiger partial charge is 0.337 e. The van der Waals surface area contributed by atoms with Crippen molar-refractivity contribution < 1.29 is 4.79 Å². The first-order valence-electron chi connectivity index (χ1n) is 9.79. The Morgan fingerprint density at radius 1 is 0.906 bits per heavy atom. The molecule has 0 bridgehead atoms. The molecule has 0 aliphatic carbocycles. The molecule has 5 rings (SSSR count). The molecule has 32 heavy (non-hydrogen) atoms. The van der Waals surface area contributed by atoms with Crippen molar-refractivity contribution in [3.63, 3.8) is 0 Å². The number of aryl methyl sites for hydroxylation is 1. The van der Waals surface area contributed by atoms with Crippen molar-refractivity contribution in [1.82, 2.24) is 0 Å². The highest BCUT2D eigenvalue weighted by atomic mass is 35.5. The molecule has 0 N–H and O–H groups in total. The first kappa shape index (κ1) is 21.5. The number of benzene rings is 3. The minimum atomic E-state index is -0.102. The molecule has 1 amide bonds. The quantitative estimate of drug-likeness (QED) is 0.343. The summed E-state index contributed by atoms with van der Waals surface area (Å²) in [5.74, 6) is -0.102. The maximum absolute atomic E-state index is 13.7. The molecule has 0 aromatic heterocycles. The molecule has 2 aliphatic rings. The Bertz CT molecular complexity index is 1320. The number of amidine groups is 1. The van der Waals surface area contributed by atoms with E-state index in [1.165, 1.54) is 11.8 Å². The average molecular weight is 498 g/mol. The van der Waals surface area contributed by atoms with Gasteiger partial charge in [-0.2, -0.15) is 0 Å². The standard InChI is InChI=1S/C24H17Cl2N3OS2/c1-14-5-3-8-18(11-14)29-22(30)21(32-24(29)27-17-7-4-6-15(25)12-17)23-28(2)19-13-16(26)9-10-20(19)31-23/h3-13H,1-2H3/b23-21-,27-24?. The fourth-order valence-electron chi connectivity index (χ4n) is 3.55.